The SMILES string of the molecule is CC(=O)N1[C@H](C(=O)OC2C(C)CC3C4CCC5=CC(=O)C=C(O)C5(C)C4CCC32C)CSC1(C)C. The number of ether oxygens (including phenoxy) is 1. The number of fused-ring (bicyclic) bond motifs is 5. The molecule has 5 rings (SSSR count). The van der Waals surface area contributed by atoms with Crippen molar-refractivity contribution in [2.75, 3.05) is 5.75 Å². The molecule has 7 unspecified atom stereocenters. The van der Waals surface area contributed by atoms with Crippen LogP contribution >= 0.6 is 11.8 Å². The smallest absolute Gasteiger partial charge is 0.330 e. The third-order valence-corrected chi connectivity index (χ3v) is 11.7. The Morgan fingerprint density at radius 2 is 1.86 bits per heavy atom. The molecule has 1 amide bonds. The molecule has 1 N–H and O–H groups in total. The van der Waals surface area contributed by atoms with Gasteiger partial charge in [-0.15, -0.1) is 11.8 Å². The molecule has 7 heteroatoms. The molecular weight excluding hydrogens is 462 g/mol. The van der Waals surface area contributed by atoms with Crippen LogP contribution in [-0.2, 0) is 19.1 Å². The Labute approximate surface area is 212 Å². The van der Waals surface area contributed by atoms with E-state index < -0.39 is 16.3 Å². The van der Waals surface area contributed by atoms with Gasteiger partial charge < -0.3 is 14.7 Å². The summed E-state index contributed by atoms with van der Waals surface area (Å²) >= 11 is 1.62. The Morgan fingerprint density at radius 3 is 2.54 bits per heavy atom. The highest BCUT2D eigenvalue weighted by molar-refractivity contribution is 8.00. The van der Waals surface area contributed by atoms with Gasteiger partial charge in [-0.1, -0.05) is 19.4 Å². The first-order valence-corrected chi connectivity index (χ1v) is 14.1. The van der Waals surface area contributed by atoms with Gasteiger partial charge in [-0.2, -0.15) is 0 Å². The van der Waals surface area contributed by atoms with Crippen LogP contribution in [0.3, 0.4) is 0 Å². The lowest BCUT2D eigenvalue weighted by Crippen LogP contribution is -2.53. The second kappa shape index (κ2) is 8.12. The summed E-state index contributed by atoms with van der Waals surface area (Å²) in [5.41, 5.74) is 0.483. The highest BCUT2D eigenvalue weighted by Gasteiger charge is 2.63. The van der Waals surface area contributed by atoms with Crippen molar-refractivity contribution in [3.05, 3.63) is 23.5 Å². The van der Waals surface area contributed by atoms with E-state index in [1.807, 2.05) is 13.8 Å². The Morgan fingerprint density at radius 1 is 1.14 bits per heavy atom. The van der Waals surface area contributed by atoms with Gasteiger partial charge in [0.2, 0.25) is 5.91 Å². The van der Waals surface area contributed by atoms with Gasteiger partial charge in [-0.05, 0) is 82.6 Å². The lowest BCUT2D eigenvalue weighted by molar-refractivity contribution is -0.170. The Bertz CT molecular complexity index is 1030. The van der Waals surface area contributed by atoms with Crippen LogP contribution < -0.4 is 0 Å². The van der Waals surface area contributed by atoms with Crippen molar-refractivity contribution >= 4 is 29.4 Å². The molecular formula is C28H39NO5S. The number of hydrogen-bond acceptors (Lipinski definition) is 6. The molecule has 1 aliphatic heterocycles. The lowest BCUT2D eigenvalue weighted by Gasteiger charge is -2.57. The number of allylic oxidation sites excluding steroid dienone is 3. The molecule has 0 bridgehead atoms. The van der Waals surface area contributed by atoms with Gasteiger partial charge in [0.25, 0.3) is 0 Å². The van der Waals surface area contributed by atoms with Crippen LogP contribution in [0.25, 0.3) is 0 Å². The third-order valence-electron chi connectivity index (χ3n) is 10.3. The van der Waals surface area contributed by atoms with Crippen molar-refractivity contribution in [3.63, 3.8) is 0 Å². The van der Waals surface area contributed by atoms with Crippen molar-refractivity contribution in [2.24, 2.45) is 34.5 Å². The molecule has 1 heterocycles. The predicted molar refractivity (Wildman–Crippen MR) is 135 cm³/mol. The van der Waals surface area contributed by atoms with E-state index in [0.29, 0.717) is 17.6 Å². The predicted octanol–water partition coefficient (Wildman–Crippen LogP) is 5.04. The van der Waals surface area contributed by atoms with E-state index in [4.69, 9.17) is 4.74 Å². The average molecular weight is 502 g/mol. The molecule has 35 heavy (non-hydrogen) atoms. The molecule has 0 aromatic carbocycles. The molecule has 0 aromatic rings. The van der Waals surface area contributed by atoms with Crippen molar-refractivity contribution in [2.45, 2.75) is 90.7 Å². The van der Waals surface area contributed by atoms with Crippen LogP contribution in [0.4, 0.5) is 0 Å². The number of nitrogens with zero attached hydrogens (tertiary/aromatic N) is 1. The first-order valence-electron chi connectivity index (χ1n) is 13.1. The quantitative estimate of drug-likeness (QED) is 0.534. The van der Waals surface area contributed by atoms with Gasteiger partial charge in [0.1, 0.15) is 17.9 Å². The van der Waals surface area contributed by atoms with Crippen LogP contribution in [0.15, 0.2) is 23.5 Å². The van der Waals surface area contributed by atoms with E-state index in [2.05, 4.69) is 20.8 Å². The number of esters is 1. The van der Waals surface area contributed by atoms with E-state index in [1.165, 1.54) is 13.0 Å². The van der Waals surface area contributed by atoms with Gasteiger partial charge in [0.05, 0.1) is 4.87 Å². The Kier molecular flexibility index (Phi) is 5.78. The number of carbonyl (C=O) groups is 3. The van der Waals surface area contributed by atoms with E-state index in [0.717, 1.165) is 37.7 Å². The van der Waals surface area contributed by atoms with Crippen LogP contribution in [0.5, 0.6) is 0 Å². The fourth-order valence-electron chi connectivity index (χ4n) is 8.65. The summed E-state index contributed by atoms with van der Waals surface area (Å²) in [4.78, 5) is 39.2. The van der Waals surface area contributed by atoms with Crippen molar-refractivity contribution in [3.8, 4) is 0 Å². The number of thioether (sulfide) groups is 1. The molecule has 1 saturated heterocycles. The van der Waals surface area contributed by atoms with Crippen molar-refractivity contribution in [1.29, 1.82) is 0 Å². The first kappa shape index (κ1) is 24.9. The van der Waals surface area contributed by atoms with Crippen molar-refractivity contribution < 1.29 is 24.2 Å². The number of hydrogen-bond donors (Lipinski definition) is 1. The monoisotopic (exact) mass is 501 g/mol. The Hall–Kier alpha value is -1.76. The summed E-state index contributed by atoms with van der Waals surface area (Å²) in [5.74, 6) is 1.65. The van der Waals surface area contributed by atoms with Crippen molar-refractivity contribution in [1.82, 2.24) is 4.90 Å². The molecule has 5 aliphatic rings. The number of ketones is 1. The lowest BCUT2D eigenvalue weighted by atomic mass is 9.48. The minimum atomic E-state index is -0.540. The maximum Gasteiger partial charge on any atom is 0.330 e. The molecule has 0 aromatic heterocycles. The zero-order valence-electron chi connectivity index (χ0n) is 21.8. The van der Waals surface area contributed by atoms with Gasteiger partial charge in [0, 0.05) is 29.6 Å². The summed E-state index contributed by atoms with van der Waals surface area (Å²) in [6.07, 6.45) is 7.66. The maximum absolute atomic E-state index is 13.5. The fourth-order valence-corrected chi connectivity index (χ4v) is 9.90. The minimum Gasteiger partial charge on any atom is -0.511 e. The van der Waals surface area contributed by atoms with E-state index in [1.54, 1.807) is 22.7 Å². The first-order chi connectivity index (χ1) is 16.3. The van der Waals surface area contributed by atoms with Crippen LogP contribution in [0.2, 0.25) is 0 Å². The topological polar surface area (TPSA) is 83.9 Å². The third kappa shape index (κ3) is 3.54. The number of aliphatic hydroxyl groups is 1. The van der Waals surface area contributed by atoms with Gasteiger partial charge in [-0.25, -0.2) is 4.79 Å². The zero-order chi connectivity index (χ0) is 25.5. The molecule has 8 atom stereocenters. The minimum absolute atomic E-state index is 0.0934. The van der Waals surface area contributed by atoms with Crippen LogP contribution in [0, 0.1) is 34.5 Å². The van der Waals surface area contributed by atoms with E-state index >= 15 is 0 Å². The largest absolute Gasteiger partial charge is 0.511 e. The molecule has 4 fully saturated rings. The van der Waals surface area contributed by atoms with Gasteiger partial charge in [-0.3, -0.25) is 9.59 Å². The molecule has 4 aliphatic carbocycles. The van der Waals surface area contributed by atoms with E-state index in [9.17, 15) is 19.5 Å². The highest BCUT2D eigenvalue weighted by Crippen LogP contribution is 2.66. The second-order valence-corrected chi connectivity index (χ2v) is 14.1. The Balaban J connectivity index is 1.38. The maximum atomic E-state index is 13.5. The summed E-state index contributed by atoms with van der Waals surface area (Å²) in [6.45, 7) is 12.1. The number of amides is 1. The summed E-state index contributed by atoms with van der Waals surface area (Å²) < 4.78 is 6.34. The van der Waals surface area contributed by atoms with Crippen LogP contribution in [-0.4, -0.2) is 50.4 Å². The molecule has 192 valence electrons. The van der Waals surface area contributed by atoms with Gasteiger partial charge >= 0.3 is 5.97 Å². The number of carbonyl (C=O) groups excluding carboxylic acids is 3. The van der Waals surface area contributed by atoms with E-state index in [-0.39, 0.29) is 46.8 Å². The number of rotatable bonds is 2. The van der Waals surface area contributed by atoms with Crippen LogP contribution in [0.1, 0.15) is 73.6 Å². The van der Waals surface area contributed by atoms with Gasteiger partial charge in [0.15, 0.2) is 5.78 Å². The highest BCUT2D eigenvalue weighted by atomic mass is 32.2. The molecule has 6 nitrogen and oxygen atoms in total. The molecule has 3 saturated carbocycles. The summed E-state index contributed by atoms with van der Waals surface area (Å²) in [5, 5.41) is 10.9. The fraction of sp³-hybridized carbons (Fsp3) is 0.750. The average Bonchev–Trinajstić information content (AvgIpc) is 3.22. The second-order valence-electron chi connectivity index (χ2n) is 12.5. The normalized spacial score (nSPS) is 44.1. The standard InChI is InChI=1S/C28H39NO5S/c1-15-11-21-19-8-7-17-12-18(31)13-23(32)28(17,6)20(19)9-10-27(21,5)24(15)34-25(33)22-14-35-26(3,4)29(22)16(2)30/h12-13,15,19-22,24,32H,7-11,14H2,1-6H3/t15?,19?,20?,21?,22-,24?,27?,28?/m0/s1. The summed E-state index contributed by atoms with van der Waals surface area (Å²) in [6, 6.07) is -0.540. The zero-order valence-corrected chi connectivity index (χ0v) is 22.6. The molecule has 0 radical (unpaired) electrons. The summed E-state index contributed by atoms with van der Waals surface area (Å²) in [7, 11) is 0. The molecule has 0 spiro atoms. The number of aliphatic hydroxyl groups excluding tert-OH is 1.